The van der Waals surface area contributed by atoms with Crippen molar-refractivity contribution in [1.82, 2.24) is 5.32 Å². The largest absolute Gasteiger partial charge is 0.395 e. The number of hydrogen-bond donors (Lipinski definition) is 2. The van der Waals surface area contributed by atoms with E-state index in [0.29, 0.717) is 0 Å². The number of carbonyl (C=O) groups excluding carboxylic acids is 1. The lowest BCUT2D eigenvalue weighted by Crippen LogP contribution is -2.24. The van der Waals surface area contributed by atoms with E-state index in [1.807, 2.05) is 0 Å². The number of amides is 1. The molecule has 0 aromatic rings. The summed E-state index contributed by atoms with van der Waals surface area (Å²) in [5, 5.41) is 12.0. The van der Waals surface area contributed by atoms with Gasteiger partial charge in [-0.05, 0) is 6.26 Å². The highest BCUT2D eigenvalue weighted by Crippen LogP contribution is 2.01. The molecule has 6 heteroatoms. The minimum Gasteiger partial charge on any atom is -0.395 e. The van der Waals surface area contributed by atoms with E-state index in [-0.39, 0.29) is 19.1 Å². The molecular weight excluding hydrogens is 198 g/mol. The molecule has 0 aromatic heterocycles. The highest BCUT2D eigenvalue weighted by Gasteiger charge is 1.94. The van der Waals surface area contributed by atoms with Gasteiger partial charge in [-0.1, -0.05) is 10.8 Å². The van der Waals surface area contributed by atoms with Crippen molar-refractivity contribution in [1.29, 1.82) is 0 Å². The van der Waals surface area contributed by atoms with Crippen LogP contribution in [0.3, 0.4) is 0 Å². The Hall–Kier alpha value is -0.330. The SMILES string of the molecule is CSS(=O)/C=C\C(=O)NCCO. The molecule has 0 aliphatic carbocycles. The minimum absolute atomic E-state index is 0.0921. The first-order valence-corrected chi connectivity index (χ1v) is 6.18. The topological polar surface area (TPSA) is 66.4 Å². The fourth-order valence-corrected chi connectivity index (χ4v) is 1.26. The molecule has 1 unspecified atom stereocenters. The van der Waals surface area contributed by atoms with Crippen LogP contribution >= 0.6 is 10.8 Å². The summed E-state index contributed by atoms with van der Waals surface area (Å²) in [4.78, 5) is 10.8. The van der Waals surface area contributed by atoms with Gasteiger partial charge in [0.15, 0.2) is 0 Å². The van der Waals surface area contributed by atoms with E-state index in [1.165, 1.54) is 11.5 Å². The second-order valence-electron chi connectivity index (χ2n) is 1.74. The van der Waals surface area contributed by atoms with Gasteiger partial charge in [0.05, 0.1) is 6.61 Å². The summed E-state index contributed by atoms with van der Waals surface area (Å²) in [6.07, 6.45) is 2.88. The molecular formula is C6H11NO3S2. The molecule has 0 rings (SSSR count). The normalized spacial score (nSPS) is 13.2. The minimum atomic E-state index is -1.14. The predicted octanol–water partition coefficient (Wildman–Crippen LogP) is -0.365. The van der Waals surface area contributed by atoms with Gasteiger partial charge < -0.3 is 10.4 Å². The molecule has 0 fully saturated rings. The Kier molecular flexibility index (Phi) is 7.12. The van der Waals surface area contributed by atoms with Gasteiger partial charge in [0, 0.05) is 18.0 Å². The Balaban J connectivity index is 3.67. The van der Waals surface area contributed by atoms with Crippen LogP contribution in [0.4, 0.5) is 0 Å². The van der Waals surface area contributed by atoms with Crippen LogP contribution < -0.4 is 5.32 Å². The molecule has 0 saturated carbocycles. The molecule has 2 N–H and O–H groups in total. The lowest BCUT2D eigenvalue weighted by molar-refractivity contribution is -0.116. The van der Waals surface area contributed by atoms with Crippen LogP contribution in [-0.2, 0) is 14.6 Å². The molecule has 0 aliphatic heterocycles. The summed E-state index contributed by atoms with van der Waals surface area (Å²) in [6.45, 7) is 0.125. The average molecular weight is 209 g/mol. The van der Waals surface area contributed by atoms with Crippen LogP contribution in [0.1, 0.15) is 0 Å². The number of nitrogens with one attached hydrogen (secondary N) is 1. The fourth-order valence-electron chi connectivity index (χ4n) is 0.411. The van der Waals surface area contributed by atoms with Gasteiger partial charge in [-0.3, -0.25) is 4.79 Å². The maximum atomic E-state index is 10.8. The Bertz CT molecular complexity index is 193. The maximum absolute atomic E-state index is 10.8. The number of rotatable bonds is 5. The van der Waals surface area contributed by atoms with Gasteiger partial charge in [0.25, 0.3) is 0 Å². The Labute approximate surface area is 77.3 Å². The van der Waals surface area contributed by atoms with E-state index in [4.69, 9.17) is 5.11 Å². The zero-order chi connectivity index (χ0) is 9.40. The summed E-state index contributed by atoms with van der Waals surface area (Å²) in [6, 6.07) is 0. The van der Waals surface area contributed by atoms with E-state index in [0.717, 1.165) is 10.8 Å². The van der Waals surface area contributed by atoms with Crippen LogP contribution in [0, 0.1) is 0 Å². The van der Waals surface area contributed by atoms with E-state index >= 15 is 0 Å². The van der Waals surface area contributed by atoms with Crippen LogP contribution in [0.5, 0.6) is 0 Å². The van der Waals surface area contributed by atoms with E-state index in [9.17, 15) is 9.00 Å². The van der Waals surface area contributed by atoms with Gasteiger partial charge in [0.2, 0.25) is 5.91 Å². The molecule has 1 atom stereocenters. The van der Waals surface area contributed by atoms with Crippen LogP contribution in [0.15, 0.2) is 11.5 Å². The number of aliphatic hydroxyl groups is 1. The van der Waals surface area contributed by atoms with Gasteiger partial charge in [-0.15, -0.1) is 0 Å². The van der Waals surface area contributed by atoms with E-state index in [1.54, 1.807) is 6.26 Å². The Morgan fingerprint density at radius 2 is 2.42 bits per heavy atom. The van der Waals surface area contributed by atoms with Crippen molar-refractivity contribution in [2.24, 2.45) is 0 Å². The van der Waals surface area contributed by atoms with Crippen molar-refractivity contribution in [3.8, 4) is 0 Å². The van der Waals surface area contributed by atoms with Crippen LogP contribution in [0.25, 0.3) is 0 Å². The molecule has 4 nitrogen and oxygen atoms in total. The zero-order valence-corrected chi connectivity index (χ0v) is 8.28. The number of hydrogen-bond acceptors (Lipinski definition) is 4. The van der Waals surface area contributed by atoms with Gasteiger partial charge in [0.1, 0.15) is 9.83 Å². The quantitative estimate of drug-likeness (QED) is 0.479. The van der Waals surface area contributed by atoms with Crippen molar-refractivity contribution in [3.05, 3.63) is 11.5 Å². The first-order valence-electron chi connectivity index (χ1n) is 3.22. The van der Waals surface area contributed by atoms with E-state index in [2.05, 4.69) is 5.32 Å². The van der Waals surface area contributed by atoms with Gasteiger partial charge in [-0.2, -0.15) is 0 Å². The fraction of sp³-hybridized carbons (Fsp3) is 0.500. The first-order chi connectivity index (χ1) is 5.70. The predicted molar refractivity (Wildman–Crippen MR) is 50.9 cm³/mol. The highest BCUT2D eigenvalue weighted by atomic mass is 33.1. The summed E-state index contributed by atoms with van der Waals surface area (Å²) < 4.78 is 10.7. The molecule has 1 amide bonds. The smallest absolute Gasteiger partial charge is 0.244 e. The number of carbonyl (C=O) groups is 1. The molecule has 0 aliphatic rings. The molecule has 0 heterocycles. The lowest BCUT2D eigenvalue weighted by atomic mass is 10.5. The van der Waals surface area contributed by atoms with Crippen molar-refractivity contribution < 1.29 is 14.1 Å². The van der Waals surface area contributed by atoms with Gasteiger partial charge >= 0.3 is 0 Å². The monoisotopic (exact) mass is 209 g/mol. The molecule has 0 aromatic carbocycles. The standard InChI is InChI=1S/C6H11NO3S2/c1-11-12(10)5-2-6(9)7-3-4-8/h2,5,8H,3-4H2,1H3,(H,7,9)/b5-2-. The summed E-state index contributed by atoms with van der Waals surface area (Å²) in [5.74, 6) is -0.341. The highest BCUT2D eigenvalue weighted by molar-refractivity contribution is 8.70. The summed E-state index contributed by atoms with van der Waals surface area (Å²) in [7, 11) is 0.00631. The Morgan fingerprint density at radius 3 is 2.92 bits per heavy atom. The molecule has 0 bridgehead atoms. The van der Waals surface area contributed by atoms with Crippen molar-refractivity contribution in [2.45, 2.75) is 0 Å². The number of aliphatic hydroxyl groups excluding tert-OH is 1. The Morgan fingerprint density at radius 1 is 1.75 bits per heavy atom. The lowest BCUT2D eigenvalue weighted by Gasteiger charge is -1.95. The third-order valence-electron chi connectivity index (χ3n) is 0.906. The average Bonchev–Trinajstić information content (AvgIpc) is 2.10. The third-order valence-corrected chi connectivity index (χ3v) is 2.91. The molecule has 0 radical (unpaired) electrons. The second kappa shape index (κ2) is 7.33. The van der Waals surface area contributed by atoms with Crippen molar-refractivity contribution in [2.75, 3.05) is 19.4 Å². The zero-order valence-electron chi connectivity index (χ0n) is 6.65. The van der Waals surface area contributed by atoms with Crippen LogP contribution in [0.2, 0.25) is 0 Å². The molecule has 0 saturated heterocycles. The first kappa shape index (κ1) is 11.7. The van der Waals surface area contributed by atoms with E-state index < -0.39 is 9.83 Å². The summed E-state index contributed by atoms with van der Waals surface area (Å²) in [5.41, 5.74) is 0. The molecule has 0 spiro atoms. The van der Waals surface area contributed by atoms with Crippen LogP contribution in [-0.4, -0.2) is 34.6 Å². The molecule has 70 valence electrons. The maximum Gasteiger partial charge on any atom is 0.244 e. The molecule has 12 heavy (non-hydrogen) atoms. The second-order valence-corrected chi connectivity index (χ2v) is 4.86. The van der Waals surface area contributed by atoms with Crippen molar-refractivity contribution in [3.63, 3.8) is 0 Å². The summed E-state index contributed by atoms with van der Waals surface area (Å²) >= 11 is 0. The third kappa shape index (κ3) is 6.38. The van der Waals surface area contributed by atoms with Crippen molar-refractivity contribution >= 4 is 26.5 Å². The van der Waals surface area contributed by atoms with Gasteiger partial charge in [-0.25, -0.2) is 4.21 Å².